The minimum atomic E-state index is -0.187. The zero-order valence-corrected chi connectivity index (χ0v) is 17.2. The van der Waals surface area contributed by atoms with Crippen LogP contribution < -0.4 is 4.90 Å². The van der Waals surface area contributed by atoms with E-state index in [1.165, 1.54) is 17.2 Å². The van der Waals surface area contributed by atoms with Crippen molar-refractivity contribution in [3.8, 4) is 0 Å². The highest BCUT2D eigenvalue weighted by molar-refractivity contribution is 5.79. The average molecular weight is 396 g/mol. The van der Waals surface area contributed by atoms with E-state index in [0.717, 1.165) is 32.5 Å². The molecule has 154 valence electrons. The van der Waals surface area contributed by atoms with Crippen LogP contribution in [0.1, 0.15) is 24.0 Å². The average Bonchev–Trinajstić information content (AvgIpc) is 2.74. The Morgan fingerprint density at radius 1 is 0.966 bits per heavy atom. The van der Waals surface area contributed by atoms with Gasteiger partial charge in [-0.25, -0.2) is 4.39 Å². The lowest BCUT2D eigenvalue weighted by atomic mass is 9.94. The zero-order chi connectivity index (χ0) is 20.2. The number of amides is 1. The summed E-state index contributed by atoms with van der Waals surface area (Å²) in [7, 11) is 0. The van der Waals surface area contributed by atoms with Gasteiger partial charge in [-0.05, 0) is 50.6 Å². The van der Waals surface area contributed by atoms with Gasteiger partial charge in [-0.3, -0.25) is 9.69 Å². The largest absolute Gasteiger partial charge is 0.366 e. The first kappa shape index (κ1) is 19.9. The van der Waals surface area contributed by atoms with Crippen molar-refractivity contribution in [2.24, 2.45) is 5.92 Å². The molecule has 5 heteroatoms. The van der Waals surface area contributed by atoms with Crippen LogP contribution >= 0.6 is 0 Å². The van der Waals surface area contributed by atoms with Crippen LogP contribution in [0.15, 0.2) is 48.5 Å². The van der Waals surface area contributed by atoms with Crippen LogP contribution in [0.4, 0.5) is 10.1 Å². The first-order valence-electron chi connectivity index (χ1n) is 10.7. The van der Waals surface area contributed by atoms with E-state index in [2.05, 4.69) is 36.1 Å². The van der Waals surface area contributed by atoms with Crippen LogP contribution in [0.25, 0.3) is 0 Å². The summed E-state index contributed by atoms with van der Waals surface area (Å²) < 4.78 is 14.0. The van der Waals surface area contributed by atoms with Crippen LogP contribution in [0.3, 0.4) is 0 Å². The number of hydrogen-bond donors (Lipinski definition) is 0. The lowest BCUT2D eigenvalue weighted by molar-refractivity contribution is -0.137. The van der Waals surface area contributed by atoms with Crippen LogP contribution in [0.2, 0.25) is 0 Å². The number of halogens is 1. The van der Waals surface area contributed by atoms with Gasteiger partial charge in [-0.15, -0.1) is 0 Å². The van der Waals surface area contributed by atoms with E-state index < -0.39 is 0 Å². The highest BCUT2D eigenvalue weighted by Crippen LogP contribution is 2.24. The number of anilines is 1. The maximum atomic E-state index is 14.0. The number of para-hydroxylation sites is 1. The zero-order valence-electron chi connectivity index (χ0n) is 17.2. The fourth-order valence-corrected chi connectivity index (χ4v) is 4.54. The number of aryl methyl sites for hydroxylation is 1. The van der Waals surface area contributed by atoms with Crippen LogP contribution in [0, 0.1) is 18.7 Å². The molecule has 0 saturated carbocycles. The predicted molar refractivity (Wildman–Crippen MR) is 114 cm³/mol. The third-order valence-electron chi connectivity index (χ3n) is 6.21. The highest BCUT2D eigenvalue weighted by atomic mass is 19.1. The SMILES string of the molecule is Cc1cccc(CN2CCC(C(=O)N3CCN(c4ccccc4F)CC3)CC2)c1. The number of benzene rings is 2. The van der Waals surface area contributed by atoms with Gasteiger partial charge in [0.25, 0.3) is 0 Å². The molecule has 2 aromatic carbocycles. The summed E-state index contributed by atoms with van der Waals surface area (Å²) in [5.74, 6) is 0.227. The molecule has 2 aromatic rings. The van der Waals surface area contributed by atoms with Gasteiger partial charge in [-0.2, -0.15) is 0 Å². The Morgan fingerprint density at radius 3 is 2.38 bits per heavy atom. The molecule has 0 radical (unpaired) electrons. The molecular weight excluding hydrogens is 365 g/mol. The summed E-state index contributed by atoms with van der Waals surface area (Å²) in [5.41, 5.74) is 3.28. The summed E-state index contributed by atoms with van der Waals surface area (Å²) in [5, 5.41) is 0. The third kappa shape index (κ3) is 4.78. The minimum Gasteiger partial charge on any atom is -0.366 e. The number of piperidine rings is 1. The number of nitrogens with zero attached hydrogens (tertiary/aromatic N) is 3. The summed E-state index contributed by atoms with van der Waals surface area (Å²) in [6.07, 6.45) is 1.86. The highest BCUT2D eigenvalue weighted by Gasteiger charge is 2.30. The van der Waals surface area contributed by atoms with E-state index >= 15 is 0 Å². The van der Waals surface area contributed by atoms with E-state index in [4.69, 9.17) is 0 Å². The molecule has 2 heterocycles. The van der Waals surface area contributed by atoms with E-state index in [1.54, 1.807) is 6.07 Å². The van der Waals surface area contributed by atoms with Gasteiger partial charge in [0, 0.05) is 38.6 Å². The number of piperazine rings is 1. The van der Waals surface area contributed by atoms with Crippen molar-refractivity contribution in [2.75, 3.05) is 44.2 Å². The number of hydrogen-bond acceptors (Lipinski definition) is 3. The molecule has 0 atom stereocenters. The molecule has 4 nitrogen and oxygen atoms in total. The van der Waals surface area contributed by atoms with Gasteiger partial charge in [0.05, 0.1) is 5.69 Å². The van der Waals surface area contributed by atoms with Crippen molar-refractivity contribution in [3.05, 3.63) is 65.5 Å². The molecule has 0 N–H and O–H groups in total. The Bertz CT molecular complexity index is 840. The minimum absolute atomic E-state index is 0.128. The number of carbonyl (C=O) groups is 1. The molecule has 29 heavy (non-hydrogen) atoms. The molecule has 2 saturated heterocycles. The fraction of sp³-hybridized carbons (Fsp3) is 0.458. The van der Waals surface area contributed by atoms with Gasteiger partial charge >= 0.3 is 0 Å². The normalized spacial score (nSPS) is 18.8. The maximum absolute atomic E-state index is 14.0. The Morgan fingerprint density at radius 2 is 1.69 bits per heavy atom. The molecule has 0 bridgehead atoms. The molecule has 1 amide bonds. The summed E-state index contributed by atoms with van der Waals surface area (Å²) >= 11 is 0. The third-order valence-corrected chi connectivity index (χ3v) is 6.21. The van der Waals surface area contributed by atoms with Crippen LogP contribution in [-0.2, 0) is 11.3 Å². The van der Waals surface area contributed by atoms with Crippen molar-refractivity contribution in [1.29, 1.82) is 0 Å². The Hall–Kier alpha value is -2.40. The smallest absolute Gasteiger partial charge is 0.225 e. The van der Waals surface area contributed by atoms with Gasteiger partial charge in [0.1, 0.15) is 5.82 Å². The first-order chi connectivity index (χ1) is 14.1. The predicted octanol–water partition coefficient (Wildman–Crippen LogP) is 3.69. The van der Waals surface area contributed by atoms with Gasteiger partial charge < -0.3 is 9.80 Å². The van der Waals surface area contributed by atoms with E-state index in [0.29, 0.717) is 31.9 Å². The van der Waals surface area contributed by atoms with E-state index in [1.807, 2.05) is 21.9 Å². The first-order valence-corrected chi connectivity index (χ1v) is 10.7. The molecule has 4 rings (SSSR count). The number of carbonyl (C=O) groups excluding carboxylic acids is 1. The lowest BCUT2D eigenvalue weighted by Gasteiger charge is -2.39. The second-order valence-electron chi connectivity index (χ2n) is 8.30. The number of rotatable bonds is 4. The Balaban J connectivity index is 1.25. The summed E-state index contributed by atoms with van der Waals surface area (Å²) in [6.45, 7) is 7.77. The van der Waals surface area contributed by atoms with Crippen molar-refractivity contribution >= 4 is 11.6 Å². The second kappa shape index (κ2) is 8.95. The summed E-state index contributed by atoms with van der Waals surface area (Å²) in [6, 6.07) is 15.5. The Labute approximate surface area is 172 Å². The molecule has 2 aliphatic heterocycles. The molecule has 0 unspecified atom stereocenters. The maximum Gasteiger partial charge on any atom is 0.225 e. The topological polar surface area (TPSA) is 26.8 Å². The van der Waals surface area contributed by atoms with Crippen molar-refractivity contribution < 1.29 is 9.18 Å². The van der Waals surface area contributed by atoms with E-state index in [9.17, 15) is 9.18 Å². The number of likely N-dealkylation sites (tertiary alicyclic amines) is 1. The molecule has 0 spiro atoms. The van der Waals surface area contributed by atoms with Crippen LogP contribution in [-0.4, -0.2) is 55.0 Å². The van der Waals surface area contributed by atoms with Crippen LogP contribution in [0.5, 0.6) is 0 Å². The molecule has 0 aliphatic carbocycles. The fourth-order valence-electron chi connectivity index (χ4n) is 4.54. The molecule has 2 aliphatic rings. The monoisotopic (exact) mass is 395 g/mol. The molecule has 2 fully saturated rings. The second-order valence-corrected chi connectivity index (χ2v) is 8.30. The van der Waals surface area contributed by atoms with E-state index in [-0.39, 0.29) is 17.6 Å². The lowest BCUT2D eigenvalue weighted by Crippen LogP contribution is -2.51. The quantitative estimate of drug-likeness (QED) is 0.790. The van der Waals surface area contributed by atoms with Crippen molar-refractivity contribution in [1.82, 2.24) is 9.80 Å². The van der Waals surface area contributed by atoms with Gasteiger partial charge in [0.15, 0.2) is 0 Å². The summed E-state index contributed by atoms with van der Waals surface area (Å²) in [4.78, 5) is 19.5. The standard InChI is InChI=1S/C24H30FN3O/c1-19-5-4-6-20(17-19)18-26-11-9-21(10-12-26)24(29)28-15-13-27(14-16-28)23-8-3-2-7-22(23)25/h2-8,17,21H,9-16,18H2,1H3. The van der Waals surface area contributed by atoms with Crippen molar-refractivity contribution in [2.45, 2.75) is 26.3 Å². The van der Waals surface area contributed by atoms with Crippen molar-refractivity contribution in [3.63, 3.8) is 0 Å². The van der Waals surface area contributed by atoms with Gasteiger partial charge in [-0.1, -0.05) is 42.0 Å². The molecular formula is C24H30FN3O. The molecule has 0 aromatic heterocycles. The Kier molecular flexibility index (Phi) is 6.14. The van der Waals surface area contributed by atoms with Gasteiger partial charge in [0.2, 0.25) is 5.91 Å².